The number of carboxylic acids is 1. The number of nitro benzene ring substituents is 1. The third-order valence-electron chi connectivity index (χ3n) is 3.42. The van der Waals surface area contributed by atoms with E-state index in [9.17, 15) is 29.6 Å². The predicted octanol–water partition coefficient (Wildman–Crippen LogP) is 0.205. The first kappa shape index (κ1) is 18.1. The van der Waals surface area contributed by atoms with Crippen LogP contribution in [-0.4, -0.2) is 27.8 Å². The summed E-state index contributed by atoms with van der Waals surface area (Å²) in [6.45, 7) is 0. The second-order valence-corrected chi connectivity index (χ2v) is 5.17. The summed E-state index contributed by atoms with van der Waals surface area (Å²) in [5, 5.41) is 20.0. The van der Waals surface area contributed by atoms with Gasteiger partial charge in [0.2, 0.25) is 11.8 Å². The molecule has 1 atom stereocenters. The predicted molar refractivity (Wildman–Crippen MR) is 79.0 cm³/mol. The number of aliphatic carboxylic acids is 1. The first-order valence-corrected chi connectivity index (χ1v) is 6.73. The molecule has 0 aliphatic rings. The van der Waals surface area contributed by atoms with Crippen molar-refractivity contribution in [3.63, 3.8) is 0 Å². The molecule has 0 bridgehead atoms. The second-order valence-electron chi connectivity index (χ2n) is 5.17. The van der Waals surface area contributed by atoms with E-state index in [1.165, 1.54) is 24.3 Å². The lowest BCUT2D eigenvalue weighted by Gasteiger charge is -2.22. The molecule has 0 unspecified atom stereocenters. The molecule has 0 saturated carbocycles. The highest BCUT2D eigenvalue weighted by Crippen LogP contribution is 2.25. The van der Waals surface area contributed by atoms with Crippen LogP contribution < -0.4 is 11.5 Å². The number of nitrogens with two attached hydrogens (primary N) is 2. The zero-order chi connectivity index (χ0) is 17.6. The summed E-state index contributed by atoms with van der Waals surface area (Å²) >= 11 is 0. The Morgan fingerprint density at radius 1 is 1.09 bits per heavy atom. The van der Waals surface area contributed by atoms with E-state index >= 15 is 0 Å². The normalized spacial score (nSPS) is 11.9. The van der Waals surface area contributed by atoms with E-state index in [2.05, 4.69) is 0 Å². The van der Waals surface area contributed by atoms with Crippen molar-refractivity contribution in [1.82, 2.24) is 0 Å². The maximum Gasteiger partial charge on any atom is 0.307 e. The molecule has 0 saturated heterocycles. The number of primary amides is 2. The summed E-state index contributed by atoms with van der Waals surface area (Å²) in [5.74, 6) is -4.55. The van der Waals surface area contributed by atoms with Crippen LogP contribution in [0.1, 0.15) is 18.4 Å². The number of rotatable bonds is 9. The van der Waals surface area contributed by atoms with Crippen molar-refractivity contribution in [2.45, 2.75) is 19.3 Å². The van der Waals surface area contributed by atoms with Crippen LogP contribution in [0.3, 0.4) is 0 Å². The molecule has 0 aromatic heterocycles. The number of amides is 2. The summed E-state index contributed by atoms with van der Waals surface area (Å²) in [6, 6.07) is 5.37. The van der Waals surface area contributed by atoms with Crippen LogP contribution in [0.5, 0.6) is 0 Å². The zero-order valence-corrected chi connectivity index (χ0v) is 12.2. The van der Waals surface area contributed by atoms with Crippen LogP contribution in [0.25, 0.3) is 0 Å². The third kappa shape index (κ3) is 5.73. The lowest BCUT2D eigenvalue weighted by Crippen LogP contribution is -2.32. The number of nitro groups is 1. The van der Waals surface area contributed by atoms with Crippen molar-refractivity contribution in [3.8, 4) is 0 Å². The van der Waals surface area contributed by atoms with Crippen molar-refractivity contribution < 1.29 is 24.4 Å². The molecular formula is C14H17N3O6. The summed E-state index contributed by atoms with van der Waals surface area (Å²) < 4.78 is 0. The minimum absolute atomic E-state index is 0.00143. The standard InChI is InChI=1S/C14H17N3O6/c15-12(18)6-9(7-13(16)19)11(14(20)21)5-8-1-3-10(4-2-8)17(22)23/h1-4,9,11H,5-7H2,(H2,15,18)(H2,16,19)(H,20,21)/t11-/m0/s1. The van der Waals surface area contributed by atoms with Gasteiger partial charge in [0, 0.05) is 25.0 Å². The molecule has 9 heteroatoms. The highest BCUT2D eigenvalue weighted by Gasteiger charge is 2.31. The van der Waals surface area contributed by atoms with Crippen LogP contribution in [-0.2, 0) is 20.8 Å². The molecule has 124 valence electrons. The topological polar surface area (TPSA) is 167 Å². The Morgan fingerprint density at radius 2 is 1.57 bits per heavy atom. The monoisotopic (exact) mass is 323 g/mol. The van der Waals surface area contributed by atoms with Gasteiger partial charge in [0.05, 0.1) is 10.8 Å². The van der Waals surface area contributed by atoms with Gasteiger partial charge in [-0.1, -0.05) is 12.1 Å². The molecule has 0 aliphatic carbocycles. The Labute approximate surface area is 131 Å². The molecule has 1 aromatic rings. The van der Waals surface area contributed by atoms with E-state index in [1.54, 1.807) is 0 Å². The van der Waals surface area contributed by atoms with Crippen molar-refractivity contribution in [1.29, 1.82) is 0 Å². The quantitative estimate of drug-likeness (QED) is 0.433. The molecule has 0 aliphatic heterocycles. The number of hydrogen-bond acceptors (Lipinski definition) is 5. The number of carboxylic acid groups (broad SMARTS) is 1. The first-order valence-electron chi connectivity index (χ1n) is 6.73. The molecular weight excluding hydrogens is 306 g/mol. The fourth-order valence-corrected chi connectivity index (χ4v) is 2.34. The third-order valence-corrected chi connectivity index (χ3v) is 3.42. The van der Waals surface area contributed by atoms with E-state index in [4.69, 9.17) is 11.5 Å². The molecule has 1 rings (SSSR count). The molecule has 0 radical (unpaired) electrons. The van der Waals surface area contributed by atoms with Gasteiger partial charge in [-0.05, 0) is 17.9 Å². The van der Waals surface area contributed by atoms with Crippen LogP contribution in [0.4, 0.5) is 5.69 Å². The average molecular weight is 323 g/mol. The van der Waals surface area contributed by atoms with Crippen LogP contribution in [0.15, 0.2) is 24.3 Å². The number of non-ortho nitro benzene ring substituents is 1. The van der Waals surface area contributed by atoms with Gasteiger partial charge in [-0.25, -0.2) is 0 Å². The number of nitrogens with zero attached hydrogens (tertiary/aromatic N) is 1. The van der Waals surface area contributed by atoms with E-state index < -0.39 is 34.5 Å². The lowest BCUT2D eigenvalue weighted by molar-refractivity contribution is -0.384. The van der Waals surface area contributed by atoms with Gasteiger partial charge in [0.25, 0.3) is 5.69 Å². The lowest BCUT2D eigenvalue weighted by atomic mass is 9.82. The summed E-state index contributed by atoms with van der Waals surface area (Å²) in [6.07, 6.45) is -0.571. The maximum absolute atomic E-state index is 11.5. The highest BCUT2D eigenvalue weighted by molar-refractivity contribution is 5.80. The molecule has 0 heterocycles. The van der Waals surface area contributed by atoms with Crippen molar-refractivity contribution >= 4 is 23.5 Å². The number of hydrogen-bond donors (Lipinski definition) is 3. The molecule has 1 aromatic carbocycles. The first-order chi connectivity index (χ1) is 10.7. The number of benzene rings is 1. The SMILES string of the molecule is NC(=O)CC(CC(N)=O)[C@H](Cc1ccc([N+](=O)[O-])cc1)C(=O)O. The van der Waals surface area contributed by atoms with Gasteiger partial charge in [-0.15, -0.1) is 0 Å². The fraction of sp³-hybridized carbons (Fsp3) is 0.357. The largest absolute Gasteiger partial charge is 0.481 e. The fourth-order valence-electron chi connectivity index (χ4n) is 2.34. The maximum atomic E-state index is 11.5. The Hall–Kier alpha value is -2.97. The van der Waals surface area contributed by atoms with Gasteiger partial charge in [-0.3, -0.25) is 24.5 Å². The van der Waals surface area contributed by atoms with Crippen LogP contribution in [0, 0.1) is 22.0 Å². The zero-order valence-electron chi connectivity index (χ0n) is 12.2. The average Bonchev–Trinajstić information content (AvgIpc) is 2.43. The molecule has 23 heavy (non-hydrogen) atoms. The van der Waals surface area contributed by atoms with Gasteiger partial charge >= 0.3 is 5.97 Å². The number of carbonyl (C=O) groups is 3. The Bertz CT molecular complexity index is 597. The van der Waals surface area contributed by atoms with Crippen LogP contribution in [0.2, 0.25) is 0 Å². The molecule has 0 fully saturated rings. The summed E-state index contributed by atoms with van der Waals surface area (Å²) in [7, 11) is 0. The Morgan fingerprint density at radius 3 is 1.91 bits per heavy atom. The minimum atomic E-state index is -1.20. The van der Waals surface area contributed by atoms with Gasteiger partial charge in [-0.2, -0.15) is 0 Å². The van der Waals surface area contributed by atoms with E-state index in [-0.39, 0.29) is 24.9 Å². The minimum Gasteiger partial charge on any atom is -0.481 e. The smallest absolute Gasteiger partial charge is 0.307 e. The molecule has 5 N–H and O–H groups in total. The Kier molecular flexibility index (Phi) is 6.19. The van der Waals surface area contributed by atoms with E-state index in [0.29, 0.717) is 5.56 Å². The molecule has 2 amide bonds. The molecule has 0 spiro atoms. The second kappa shape index (κ2) is 7.87. The summed E-state index contributed by atoms with van der Waals surface area (Å²) in [4.78, 5) is 43.7. The van der Waals surface area contributed by atoms with E-state index in [1.807, 2.05) is 0 Å². The van der Waals surface area contributed by atoms with Crippen LogP contribution >= 0.6 is 0 Å². The Balaban J connectivity index is 2.98. The van der Waals surface area contributed by atoms with Crippen molar-refractivity contribution in [2.24, 2.45) is 23.3 Å². The molecule has 9 nitrogen and oxygen atoms in total. The van der Waals surface area contributed by atoms with Crippen molar-refractivity contribution in [2.75, 3.05) is 0 Å². The summed E-state index contributed by atoms with van der Waals surface area (Å²) in [5.41, 5.74) is 10.6. The van der Waals surface area contributed by atoms with Crippen molar-refractivity contribution in [3.05, 3.63) is 39.9 Å². The van der Waals surface area contributed by atoms with Gasteiger partial charge in [0.15, 0.2) is 0 Å². The van der Waals surface area contributed by atoms with Gasteiger partial charge < -0.3 is 16.6 Å². The van der Waals surface area contributed by atoms with Gasteiger partial charge in [0.1, 0.15) is 0 Å². The number of carbonyl (C=O) groups excluding carboxylic acids is 2. The highest BCUT2D eigenvalue weighted by atomic mass is 16.6. The van der Waals surface area contributed by atoms with E-state index in [0.717, 1.165) is 0 Å².